The molecular weight excluding hydrogens is 258 g/mol. The van der Waals surface area contributed by atoms with Gasteiger partial charge in [0.2, 0.25) is 0 Å². The molecule has 3 heteroatoms. The molecule has 0 aliphatic heterocycles. The van der Waals surface area contributed by atoms with Gasteiger partial charge in [-0.15, -0.1) is 0 Å². The van der Waals surface area contributed by atoms with Crippen LogP contribution in [0.2, 0.25) is 0 Å². The van der Waals surface area contributed by atoms with E-state index in [-0.39, 0.29) is 0 Å². The van der Waals surface area contributed by atoms with E-state index in [2.05, 4.69) is 44.4 Å². The van der Waals surface area contributed by atoms with Crippen molar-refractivity contribution in [2.24, 2.45) is 0 Å². The van der Waals surface area contributed by atoms with E-state index in [1.54, 1.807) is 2.95 Å². The van der Waals surface area contributed by atoms with Crippen molar-refractivity contribution in [1.29, 1.82) is 0 Å². The lowest BCUT2D eigenvalue weighted by atomic mass is 10.2. The maximum atomic E-state index is 3.26. The minimum atomic E-state index is 0.862. The fourth-order valence-electron chi connectivity index (χ4n) is 0.721. The van der Waals surface area contributed by atoms with Crippen molar-refractivity contribution in [3.05, 3.63) is 35.9 Å². The Labute approximate surface area is 77.7 Å². The molecule has 10 heavy (non-hydrogen) atoms. The Kier molecular flexibility index (Phi) is 3.39. The minimum Gasteiger partial charge on any atom is -0.0622 e. The van der Waals surface area contributed by atoms with Crippen LogP contribution in [0.5, 0.6) is 0 Å². The van der Waals surface area contributed by atoms with Crippen LogP contribution >= 0.6 is 32.3 Å². The summed E-state index contributed by atoms with van der Waals surface area (Å²) in [6.07, 6.45) is 0. The quantitative estimate of drug-likeness (QED) is 0.725. The van der Waals surface area contributed by atoms with Gasteiger partial charge < -0.3 is 0 Å². The fraction of sp³-hybridized carbons (Fsp3) is 0.143. The fourth-order valence-corrected chi connectivity index (χ4v) is 1.30. The van der Waals surface area contributed by atoms with Gasteiger partial charge in [0.15, 0.2) is 6.54 Å². The van der Waals surface area contributed by atoms with E-state index in [9.17, 15) is 0 Å². The summed E-state index contributed by atoms with van der Waals surface area (Å²) in [6, 6.07) is 10.2. The van der Waals surface area contributed by atoms with Gasteiger partial charge in [-0.1, -0.05) is 30.3 Å². The number of hydrogen-bond donors (Lipinski definition) is 0. The second-order valence-corrected chi connectivity index (χ2v) is 4.61. The van der Waals surface area contributed by atoms with Crippen molar-refractivity contribution < 1.29 is 0 Å². The third-order valence-electron chi connectivity index (χ3n) is 1.14. The molecule has 0 unspecified atom stereocenters. The number of benzene rings is 1. The van der Waals surface area contributed by atoms with Gasteiger partial charge in [0.05, 0.1) is 0 Å². The van der Waals surface area contributed by atoms with Crippen LogP contribution in [0.3, 0.4) is 0 Å². The van der Waals surface area contributed by atoms with Crippen LogP contribution in [0.15, 0.2) is 30.3 Å². The summed E-state index contributed by atoms with van der Waals surface area (Å²) < 4.78 is 1.79. The van der Waals surface area contributed by atoms with Gasteiger partial charge >= 0.3 is 32.3 Å². The number of halogens is 2. The average Bonchev–Trinajstić information content (AvgIpc) is 1.88. The number of nitrogens with zero attached hydrogens (tertiary/aromatic N) is 1. The second kappa shape index (κ2) is 4.11. The number of hydrogen-bond acceptors (Lipinski definition) is 1. The van der Waals surface area contributed by atoms with Crippen molar-refractivity contribution in [1.82, 2.24) is 2.95 Å². The van der Waals surface area contributed by atoms with Gasteiger partial charge in [-0.2, -0.15) is 0 Å². The highest BCUT2D eigenvalue weighted by Gasteiger charge is 2.06. The summed E-state index contributed by atoms with van der Waals surface area (Å²) in [6.45, 7) is 0.862. The molecule has 0 aliphatic rings. The molecule has 1 radical (unpaired) electrons. The summed E-state index contributed by atoms with van der Waals surface area (Å²) in [5.74, 6) is 0. The second-order valence-electron chi connectivity index (χ2n) is 1.95. The lowest BCUT2D eigenvalue weighted by Crippen LogP contribution is -2.00. The molecular formula is C7H7Br2N+. The zero-order valence-electron chi connectivity index (χ0n) is 5.30. The molecule has 0 atom stereocenters. The van der Waals surface area contributed by atoms with Crippen LogP contribution < -0.4 is 2.95 Å². The Bertz CT molecular complexity index is 186. The molecule has 53 valence electrons. The number of rotatable bonds is 2. The summed E-state index contributed by atoms with van der Waals surface area (Å²) in [5, 5.41) is 0. The van der Waals surface area contributed by atoms with Crippen LogP contribution in [0.1, 0.15) is 5.56 Å². The molecule has 0 aliphatic carbocycles. The Hall–Kier alpha value is 0.140. The maximum absolute atomic E-state index is 3.26. The van der Waals surface area contributed by atoms with Crippen LogP contribution in [0.25, 0.3) is 0 Å². The molecule has 1 aromatic rings. The molecule has 0 N–H and O–H groups in total. The van der Waals surface area contributed by atoms with Gasteiger partial charge in [0, 0.05) is 5.56 Å². The smallest absolute Gasteiger partial charge is 0.0622 e. The van der Waals surface area contributed by atoms with Gasteiger partial charge in [-0.05, 0) is 2.95 Å². The van der Waals surface area contributed by atoms with Crippen LogP contribution in [-0.2, 0) is 6.54 Å². The monoisotopic (exact) mass is 263 g/mol. The largest absolute Gasteiger partial charge is 0.301 e. The molecule has 0 saturated carbocycles. The highest BCUT2D eigenvalue weighted by Crippen LogP contribution is 2.08. The van der Waals surface area contributed by atoms with Crippen molar-refractivity contribution in [3.63, 3.8) is 0 Å². The first kappa shape index (κ1) is 8.24. The standard InChI is InChI=1S/C7H7Br2N/c8-10(9)6-7-4-2-1-3-5-7/h1-5H,6H2/q+1. The highest BCUT2D eigenvalue weighted by atomic mass is 79.9. The summed E-state index contributed by atoms with van der Waals surface area (Å²) >= 11 is 6.52. The summed E-state index contributed by atoms with van der Waals surface area (Å²) in [7, 11) is 0. The van der Waals surface area contributed by atoms with Crippen molar-refractivity contribution >= 4 is 32.3 Å². The van der Waals surface area contributed by atoms with Crippen molar-refractivity contribution in [3.8, 4) is 0 Å². The third kappa shape index (κ3) is 2.82. The molecule has 0 heterocycles. The topological polar surface area (TPSA) is 5.90 Å². The summed E-state index contributed by atoms with van der Waals surface area (Å²) in [4.78, 5) is 0. The van der Waals surface area contributed by atoms with Crippen molar-refractivity contribution in [2.75, 3.05) is 0 Å². The molecule has 1 rings (SSSR count). The van der Waals surface area contributed by atoms with Gasteiger partial charge in [-0.25, -0.2) is 0 Å². The average molecular weight is 265 g/mol. The first-order valence-corrected chi connectivity index (χ1v) is 4.34. The zero-order valence-corrected chi connectivity index (χ0v) is 8.47. The molecule has 1 nitrogen and oxygen atoms in total. The van der Waals surface area contributed by atoms with E-state index in [1.165, 1.54) is 5.56 Å². The predicted octanol–water partition coefficient (Wildman–Crippen LogP) is 2.95. The van der Waals surface area contributed by atoms with Gasteiger partial charge in [0.1, 0.15) is 0 Å². The molecule has 0 fully saturated rings. The predicted molar refractivity (Wildman–Crippen MR) is 50.1 cm³/mol. The SMILES string of the molecule is Br[N+](Br)Cc1ccccc1. The van der Waals surface area contributed by atoms with Crippen molar-refractivity contribution in [2.45, 2.75) is 6.54 Å². The molecule has 1 aromatic carbocycles. The van der Waals surface area contributed by atoms with E-state index < -0.39 is 0 Å². The van der Waals surface area contributed by atoms with Crippen LogP contribution in [-0.4, -0.2) is 0 Å². The molecule has 0 spiro atoms. The molecule has 0 amide bonds. The highest BCUT2D eigenvalue weighted by molar-refractivity contribution is 9.22. The molecule has 0 aromatic heterocycles. The van der Waals surface area contributed by atoms with Crippen LogP contribution in [0, 0.1) is 0 Å². The molecule has 0 bridgehead atoms. The van der Waals surface area contributed by atoms with E-state index >= 15 is 0 Å². The Morgan fingerprint density at radius 3 is 2.20 bits per heavy atom. The first-order valence-electron chi connectivity index (χ1n) is 2.92. The summed E-state index contributed by atoms with van der Waals surface area (Å²) in [5.41, 5.74) is 1.27. The van der Waals surface area contributed by atoms with Gasteiger partial charge in [-0.3, -0.25) is 0 Å². The minimum absolute atomic E-state index is 0.862. The first-order chi connectivity index (χ1) is 4.79. The Morgan fingerprint density at radius 2 is 1.70 bits per heavy atom. The Morgan fingerprint density at radius 1 is 1.10 bits per heavy atom. The van der Waals surface area contributed by atoms with E-state index in [0.717, 1.165) is 6.54 Å². The van der Waals surface area contributed by atoms with Crippen LogP contribution in [0.4, 0.5) is 0 Å². The van der Waals surface area contributed by atoms with E-state index in [0.29, 0.717) is 0 Å². The van der Waals surface area contributed by atoms with Gasteiger partial charge in [0.25, 0.3) is 0 Å². The van der Waals surface area contributed by atoms with E-state index in [1.807, 2.05) is 18.2 Å². The van der Waals surface area contributed by atoms with E-state index in [4.69, 9.17) is 0 Å². The normalized spacial score (nSPS) is 10.3. The maximum Gasteiger partial charge on any atom is 0.301 e. The zero-order chi connectivity index (χ0) is 7.40. The Balaban J connectivity index is 2.59. The molecule has 0 saturated heterocycles. The lowest BCUT2D eigenvalue weighted by molar-refractivity contribution is 0.928. The third-order valence-corrected chi connectivity index (χ3v) is 1.65. The lowest BCUT2D eigenvalue weighted by Gasteiger charge is -1.92.